The van der Waals surface area contributed by atoms with Crippen LogP contribution in [0.5, 0.6) is 5.75 Å². The van der Waals surface area contributed by atoms with E-state index in [0.29, 0.717) is 0 Å². The average Bonchev–Trinajstić information content (AvgIpc) is 3.25. The zero-order valence-corrected chi connectivity index (χ0v) is 11.6. The molecule has 112 valence electrons. The Balaban J connectivity index is 1.76. The number of fused-ring (bicyclic) bond motifs is 1. The van der Waals surface area contributed by atoms with Gasteiger partial charge in [0.05, 0.1) is 7.11 Å². The van der Waals surface area contributed by atoms with Gasteiger partial charge in [0.2, 0.25) is 0 Å². The van der Waals surface area contributed by atoms with Crippen LogP contribution in [-0.2, 0) is 6.54 Å². The van der Waals surface area contributed by atoms with Crippen molar-refractivity contribution in [2.75, 3.05) is 7.11 Å². The summed E-state index contributed by atoms with van der Waals surface area (Å²) >= 11 is 0. The maximum atomic E-state index is 12.9. The first-order chi connectivity index (χ1) is 9.93. The highest BCUT2D eigenvalue weighted by Crippen LogP contribution is 2.49. The van der Waals surface area contributed by atoms with Crippen LogP contribution in [0, 0.1) is 0 Å². The molecule has 0 spiro atoms. The Morgan fingerprint density at radius 2 is 1.76 bits per heavy atom. The molecule has 3 rings (SSSR count). The first-order valence-electron chi connectivity index (χ1n) is 6.82. The van der Waals surface area contributed by atoms with E-state index in [1.165, 1.54) is 0 Å². The largest absolute Gasteiger partial charge is 0.497 e. The van der Waals surface area contributed by atoms with Crippen molar-refractivity contribution in [3.63, 3.8) is 0 Å². The van der Waals surface area contributed by atoms with E-state index in [2.05, 4.69) is 5.32 Å². The van der Waals surface area contributed by atoms with E-state index < -0.39 is 11.7 Å². The van der Waals surface area contributed by atoms with E-state index in [1.54, 1.807) is 7.11 Å². The smallest absolute Gasteiger partial charge is 0.406 e. The van der Waals surface area contributed by atoms with Crippen molar-refractivity contribution in [1.82, 2.24) is 5.32 Å². The number of ether oxygens (including phenoxy) is 1. The van der Waals surface area contributed by atoms with Crippen molar-refractivity contribution < 1.29 is 17.9 Å². The molecule has 1 N–H and O–H groups in total. The van der Waals surface area contributed by atoms with E-state index in [9.17, 15) is 13.2 Å². The van der Waals surface area contributed by atoms with Crippen LogP contribution >= 0.6 is 0 Å². The Bertz CT molecular complexity index is 662. The molecule has 1 aliphatic rings. The van der Waals surface area contributed by atoms with E-state index in [-0.39, 0.29) is 19.4 Å². The van der Waals surface area contributed by atoms with Crippen molar-refractivity contribution in [1.29, 1.82) is 0 Å². The van der Waals surface area contributed by atoms with Crippen LogP contribution in [0.15, 0.2) is 36.4 Å². The molecule has 0 bridgehead atoms. The third kappa shape index (κ3) is 2.70. The normalized spacial score (nSPS) is 17.0. The monoisotopic (exact) mass is 295 g/mol. The van der Waals surface area contributed by atoms with Gasteiger partial charge in [0.1, 0.15) is 11.3 Å². The Kier molecular flexibility index (Phi) is 3.32. The van der Waals surface area contributed by atoms with Crippen molar-refractivity contribution in [2.45, 2.75) is 31.1 Å². The molecular weight excluding hydrogens is 279 g/mol. The van der Waals surface area contributed by atoms with Gasteiger partial charge in [-0.15, -0.1) is 0 Å². The number of methoxy groups -OCH3 is 1. The molecule has 0 unspecified atom stereocenters. The van der Waals surface area contributed by atoms with Gasteiger partial charge in [-0.2, -0.15) is 13.2 Å². The van der Waals surface area contributed by atoms with Gasteiger partial charge in [0, 0.05) is 6.54 Å². The van der Waals surface area contributed by atoms with E-state index in [4.69, 9.17) is 4.74 Å². The number of alkyl halides is 3. The minimum absolute atomic E-state index is 0.168. The van der Waals surface area contributed by atoms with E-state index in [1.807, 2.05) is 36.4 Å². The van der Waals surface area contributed by atoms with Gasteiger partial charge < -0.3 is 4.74 Å². The van der Waals surface area contributed by atoms with Crippen molar-refractivity contribution in [3.8, 4) is 5.75 Å². The van der Waals surface area contributed by atoms with Gasteiger partial charge in [-0.05, 0) is 47.4 Å². The van der Waals surface area contributed by atoms with Crippen LogP contribution in [0.4, 0.5) is 13.2 Å². The van der Waals surface area contributed by atoms with Crippen LogP contribution in [0.1, 0.15) is 18.4 Å². The van der Waals surface area contributed by atoms with Crippen LogP contribution in [0.2, 0.25) is 0 Å². The summed E-state index contributed by atoms with van der Waals surface area (Å²) in [5.74, 6) is 0.766. The van der Waals surface area contributed by atoms with Gasteiger partial charge in [-0.3, -0.25) is 5.32 Å². The van der Waals surface area contributed by atoms with Gasteiger partial charge >= 0.3 is 6.18 Å². The summed E-state index contributed by atoms with van der Waals surface area (Å²) in [6, 6.07) is 11.3. The molecule has 0 atom stereocenters. The number of hydrogen-bond acceptors (Lipinski definition) is 2. The predicted octanol–water partition coefficient (Wildman–Crippen LogP) is 4.03. The summed E-state index contributed by atoms with van der Waals surface area (Å²) < 4.78 is 43.7. The fourth-order valence-corrected chi connectivity index (χ4v) is 2.47. The van der Waals surface area contributed by atoms with Gasteiger partial charge in [0.15, 0.2) is 0 Å². The predicted molar refractivity (Wildman–Crippen MR) is 75.4 cm³/mol. The molecule has 0 amide bonds. The second-order valence-corrected chi connectivity index (χ2v) is 5.48. The molecule has 2 aromatic carbocycles. The van der Waals surface area contributed by atoms with Crippen LogP contribution in [0.25, 0.3) is 10.8 Å². The molecule has 21 heavy (non-hydrogen) atoms. The second-order valence-electron chi connectivity index (χ2n) is 5.48. The molecule has 5 heteroatoms. The highest BCUT2D eigenvalue weighted by Gasteiger charge is 2.62. The zero-order chi connectivity index (χ0) is 15.1. The third-order valence-electron chi connectivity index (χ3n) is 4.04. The molecule has 1 saturated carbocycles. The van der Waals surface area contributed by atoms with Gasteiger partial charge in [-0.25, -0.2) is 0 Å². The van der Waals surface area contributed by atoms with Crippen molar-refractivity contribution in [2.24, 2.45) is 0 Å². The Morgan fingerprint density at radius 3 is 2.38 bits per heavy atom. The second kappa shape index (κ2) is 4.91. The fourth-order valence-electron chi connectivity index (χ4n) is 2.47. The van der Waals surface area contributed by atoms with Crippen LogP contribution in [0.3, 0.4) is 0 Å². The maximum Gasteiger partial charge on any atom is 0.406 e. The van der Waals surface area contributed by atoms with Crippen LogP contribution in [-0.4, -0.2) is 18.8 Å². The quantitative estimate of drug-likeness (QED) is 0.919. The molecule has 0 aliphatic heterocycles. The molecular formula is C16H16F3NO. The first kappa shape index (κ1) is 14.2. The summed E-state index contributed by atoms with van der Waals surface area (Å²) in [5.41, 5.74) is -0.815. The summed E-state index contributed by atoms with van der Waals surface area (Å²) in [7, 11) is 1.60. The molecule has 0 radical (unpaired) electrons. The van der Waals surface area contributed by atoms with E-state index in [0.717, 1.165) is 22.1 Å². The standard InChI is InChI=1S/C16H16F3NO/c1-21-14-5-4-12-8-11(2-3-13(12)9-14)10-20-15(6-7-15)16(17,18)19/h2-5,8-9,20H,6-7,10H2,1H3. The third-order valence-corrected chi connectivity index (χ3v) is 4.04. The number of halogens is 3. The Hall–Kier alpha value is -1.75. The summed E-state index contributed by atoms with van der Waals surface area (Å²) in [6.07, 6.45) is -3.83. The number of benzene rings is 2. The molecule has 0 saturated heterocycles. The lowest BCUT2D eigenvalue weighted by atomic mass is 10.1. The fraction of sp³-hybridized carbons (Fsp3) is 0.375. The average molecular weight is 295 g/mol. The molecule has 1 fully saturated rings. The summed E-state index contributed by atoms with van der Waals surface area (Å²) in [5, 5.41) is 4.67. The molecule has 0 heterocycles. The zero-order valence-electron chi connectivity index (χ0n) is 11.6. The number of hydrogen-bond donors (Lipinski definition) is 1. The lowest BCUT2D eigenvalue weighted by Crippen LogP contribution is -2.44. The van der Waals surface area contributed by atoms with Crippen molar-refractivity contribution >= 4 is 10.8 Å². The molecule has 2 nitrogen and oxygen atoms in total. The SMILES string of the molecule is COc1ccc2cc(CNC3(C(F)(F)F)CC3)ccc2c1. The van der Waals surface area contributed by atoms with Gasteiger partial charge in [-0.1, -0.05) is 18.2 Å². The van der Waals surface area contributed by atoms with E-state index >= 15 is 0 Å². The highest BCUT2D eigenvalue weighted by atomic mass is 19.4. The summed E-state index contributed by atoms with van der Waals surface area (Å²) in [6.45, 7) is 0.224. The molecule has 0 aromatic heterocycles. The molecule has 2 aromatic rings. The minimum Gasteiger partial charge on any atom is -0.497 e. The Morgan fingerprint density at radius 1 is 1.10 bits per heavy atom. The summed E-state index contributed by atoms with van der Waals surface area (Å²) in [4.78, 5) is 0. The lowest BCUT2D eigenvalue weighted by Gasteiger charge is -2.20. The minimum atomic E-state index is -4.17. The van der Waals surface area contributed by atoms with Crippen molar-refractivity contribution in [3.05, 3.63) is 42.0 Å². The number of rotatable bonds is 4. The highest BCUT2D eigenvalue weighted by molar-refractivity contribution is 5.84. The molecule has 1 aliphatic carbocycles. The van der Waals surface area contributed by atoms with Crippen LogP contribution < -0.4 is 10.1 Å². The topological polar surface area (TPSA) is 21.3 Å². The van der Waals surface area contributed by atoms with Gasteiger partial charge in [0.25, 0.3) is 0 Å². The number of nitrogens with one attached hydrogen (secondary N) is 1. The maximum absolute atomic E-state index is 12.9. The lowest BCUT2D eigenvalue weighted by molar-refractivity contribution is -0.166. The Labute approximate surface area is 120 Å². The first-order valence-corrected chi connectivity index (χ1v) is 6.82.